The van der Waals surface area contributed by atoms with E-state index in [2.05, 4.69) is 5.32 Å². The molecule has 2 aromatic carbocycles. The second kappa shape index (κ2) is 12.3. The molecule has 0 spiro atoms. The summed E-state index contributed by atoms with van der Waals surface area (Å²) in [6.07, 6.45) is 0.926. The van der Waals surface area contributed by atoms with Crippen LogP contribution in [-0.2, 0) is 16.1 Å². The number of amides is 2. The molecule has 1 atom stereocenters. The topological polar surface area (TPSA) is 58.6 Å². The second-order valence-electron chi connectivity index (χ2n) is 7.37. The van der Waals surface area contributed by atoms with E-state index in [1.165, 1.54) is 0 Å². The van der Waals surface area contributed by atoms with Gasteiger partial charge in [-0.2, -0.15) is 0 Å². The first-order valence-corrected chi connectivity index (χ1v) is 11.3. The summed E-state index contributed by atoms with van der Waals surface area (Å²) >= 11 is 1.65. The average molecular weight is 429 g/mol. The fraction of sp³-hybridized carbons (Fsp3) is 0.417. The van der Waals surface area contributed by atoms with Crippen molar-refractivity contribution in [2.75, 3.05) is 12.9 Å². The van der Waals surface area contributed by atoms with Gasteiger partial charge in [0.1, 0.15) is 11.8 Å². The number of nitrogens with one attached hydrogen (secondary N) is 1. The fourth-order valence-electron chi connectivity index (χ4n) is 3.18. The van der Waals surface area contributed by atoms with Gasteiger partial charge in [-0.25, -0.2) is 0 Å². The third kappa shape index (κ3) is 7.41. The third-order valence-corrected chi connectivity index (χ3v) is 5.65. The predicted molar refractivity (Wildman–Crippen MR) is 123 cm³/mol. The molecule has 0 unspecified atom stereocenters. The summed E-state index contributed by atoms with van der Waals surface area (Å²) in [6.45, 7) is 6.16. The molecule has 0 aliphatic rings. The van der Waals surface area contributed by atoms with Gasteiger partial charge in [0.2, 0.25) is 11.8 Å². The summed E-state index contributed by atoms with van der Waals surface area (Å²) in [6, 6.07) is 17.2. The maximum Gasteiger partial charge on any atom is 0.243 e. The van der Waals surface area contributed by atoms with Crippen molar-refractivity contribution in [1.29, 1.82) is 0 Å². The van der Waals surface area contributed by atoms with E-state index in [1.54, 1.807) is 23.8 Å². The minimum atomic E-state index is -0.507. The van der Waals surface area contributed by atoms with Crippen LogP contribution in [-0.4, -0.2) is 41.7 Å². The van der Waals surface area contributed by atoms with Crippen LogP contribution in [0, 0.1) is 0 Å². The highest BCUT2D eigenvalue weighted by Gasteiger charge is 2.28. The SMILES string of the molecule is CC[C@H](C(=O)NC(C)C)N(Cc1cccc(OC)c1)C(=O)CCSc1ccccc1. The standard InChI is InChI=1S/C24H32N2O3S/c1-5-22(24(28)25-18(2)3)26(17-19-10-9-11-20(16-19)29-4)23(27)14-15-30-21-12-7-6-8-13-21/h6-13,16,18,22H,5,14-15,17H2,1-4H3,(H,25,28)/t22-/m1/s1. The lowest BCUT2D eigenvalue weighted by molar-refractivity contribution is -0.141. The maximum atomic E-state index is 13.2. The Morgan fingerprint density at radius 2 is 1.83 bits per heavy atom. The Labute approximate surface area is 184 Å². The molecule has 1 N–H and O–H groups in total. The Kier molecular flexibility index (Phi) is 9.74. The number of carbonyl (C=O) groups is 2. The summed E-state index contributed by atoms with van der Waals surface area (Å²) in [5, 5.41) is 2.96. The van der Waals surface area contributed by atoms with Crippen molar-refractivity contribution in [2.24, 2.45) is 0 Å². The number of nitrogens with zero attached hydrogens (tertiary/aromatic N) is 1. The molecule has 0 saturated heterocycles. The van der Waals surface area contributed by atoms with Gasteiger partial charge >= 0.3 is 0 Å². The molecule has 0 aliphatic carbocycles. The molecule has 0 fully saturated rings. The maximum absolute atomic E-state index is 13.2. The van der Waals surface area contributed by atoms with E-state index in [-0.39, 0.29) is 17.9 Å². The monoisotopic (exact) mass is 428 g/mol. The van der Waals surface area contributed by atoms with E-state index >= 15 is 0 Å². The Hall–Kier alpha value is -2.47. The molecule has 2 amide bonds. The highest BCUT2D eigenvalue weighted by Crippen LogP contribution is 2.21. The van der Waals surface area contributed by atoms with Crippen LogP contribution in [0.1, 0.15) is 39.2 Å². The molecule has 0 heterocycles. The number of ether oxygens (including phenoxy) is 1. The van der Waals surface area contributed by atoms with Gasteiger partial charge < -0.3 is 15.0 Å². The molecular formula is C24H32N2O3S. The molecule has 0 aromatic heterocycles. The van der Waals surface area contributed by atoms with Gasteiger partial charge in [0, 0.05) is 29.7 Å². The largest absolute Gasteiger partial charge is 0.497 e. The Morgan fingerprint density at radius 3 is 2.47 bits per heavy atom. The zero-order valence-corrected chi connectivity index (χ0v) is 19.1. The summed E-state index contributed by atoms with van der Waals surface area (Å²) < 4.78 is 5.31. The summed E-state index contributed by atoms with van der Waals surface area (Å²) in [7, 11) is 1.62. The summed E-state index contributed by atoms with van der Waals surface area (Å²) in [5.74, 6) is 1.27. The first-order valence-electron chi connectivity index (χ1n) is 10.3. The molecule has 30 heavy (non-hydrogen) atoms. The van der Waals surface area contributed by atoms with Gasteiger partial charge in [-0.1, -0.05) is 37.3 Å². The number of benzene rings is 2. The summed E-state index contributed by atoms with van der Waals surface area (Å²) in [5.41, 5.74) is 0.939. The van der Waals surface area contributed by atoms with Crippen LogP contribution in [0.25, 0.3) is 0 Å². The molecule has 0 bridgehead atoms. The van der Waals surface area contributed by atoms with E-state index in [4.69, 9.17) is 4.74 Å². The van der Waals surface area contributed by atoms with Gasteiger partial charge in [-0.3, -0.25) is 9.59 Å². The number of methoxy groups -OCH3 is 1. The molecular weight excluding hydrogens is 396 g/mol. The zero-order chi connectivity index (χ0) is 21.9. The Bertz CT molecular complexity index is 811. The van der Waals surface area contributed by atoms with Crippen molar-refractivity contribution in [1.82, 2.24) is 10.2 Å². The molecule has 6 heteroatoms. The predicted octanol–water partition coefficient (Wildman–Crippen LogP) is 4.51. The summed E-state index contributed by atoms with van der Waals surface area (Å²) in [4.78, 5) is 28.8. The van der Waals surface area contributed by atoms with Crippen LogP contribution in [0.4, 0.5) is 0 Å². The smallest absolute Gasteiger partial charge is 0.243 e. The lowest BCUT2D eigenvalue weighted by Gasteiger charge is -2.31. The van der Waals surface area contributed by atoms with Crippen LogP contribution < -0.4 is 10.1 Å². The van der Waals surface area contributed by atoms with E-state index < -0.39 is 6.04 Å². The van der Waals surface area contributed by atoms with Gasteiger partial charge in [0.25, 0.3) is 0 Å². The highest BCUT2D eigenvalue weighted by atomic mass is 32.2. The molecule has 5 nitrogen and oxygen atoms in total. The fourth-order valence-corrected chi connectivity index (χ4v) is 4.05. The Morgan fingerprint density at radius 1 is 1.10 bits per heavy atom. The van der Waals surface area contributed by atoms with Gasteiger partial charge in [-0.05, 0) is 50.1 Å². The lowest BCUT2D eigenvalue weighted by Crippen LogP contribution is -2.50. The molecule has 162 valence electrons. The van der Waals surface area contributed by atoms with Crippen molar-refractivity contribution in [2.45, 2.75) is 57.1 Å². The van der Waals surface area contributed by atoms with Crippen molar-refractivity contribution in [3.63, 3.8) is 0 Å². The van der Waals surface area contributed by atoms with Crippen LogP contribution >= 0.6 is 11.8 Å². The third-order valence-electron chi connectivity index (χ3n) is 4.63. The van der Waals surface area contributed by atoms with Crippen LogP contribution in [0.3, 0.4) is 0 Å². The quantitative estimate of drug-likeness (QED) is 0.535. The van der Waals surface area contributed by atoms with Crippen LogP contribution in [0.5, 0.6) is 5.75 Å². The van der Waals surface area contributed by atoms with Crippen LogP contribution in [0.15, 0.2) is 59.5 Å². The van der Waals surface area contributed by atoms with Crippen LogP contribution in [0.2, 0.25) is 0 Å². The molecule has 0 saturated carbocycles. The minimum absolute atomic E-state index is 0.0213. The van der Waals surface area contributed by atoms with E-state index in [0.717, 1.165) is 16.2 Å². The molecule has 2 aromatic rings. The minimum Gasteiger partial charge on any atom is -0.497 e. The number of rotatable bonds is 11. The number of hydrogen-bond donors (Lipinski definition) is 1. The van der Waals surface area contributed by atoms with E-state index in [1.807, 2.05) is 75.4 Å². The highest BCUT2D eigenvalue weighted by molar-refractivity contribution is 7.99. The molecule has 0 radical (unpaired) electrons. The zero-order valence-electron chi connectivity index (χ0n) is 18.3. The lowest BCUT2D eigenvalue weighted by atomic mass is 10.1. The van der Waals surface area contributed by atoms with E-state index in [9.17, 15) is 9.59 Å². The molecule has 2 rings (SSSR count). The second-order valence-corrected chi connectivity index (χ2v) is 8.54. The first kappa shape index (κ1) is 23.8. The van der Waals surface area contributed by atoms with E-state index in [0.29, 0.717) is 25.1 Å². The van der Waals surface area contributed by atoms with Crippen molar-refractivity contribution in [3.8, 4) is 5.75 Å². The number of hydrogen-bond acceptors (Lipinski definition) is 4. The number of thioether (sulfide) groups is 1. The first-order chi connectivity index (χ1) is 14.4. The van der Waals surface area contributed by atoms with Crippen molar-refractivity contribution in [3.05, 3.63) is 60.2 Å². The Balaban J connectivity index is 2.15. The number of carbonyl (C=O) groups excluding carboxylic acids is 2. The molecule has 0 aliphatic heterocycles. The normalized spacial score (nSPS) is 11.8. The van der Waals surface area contributed by atoms with Crippen molar-refractivity contribution >= 4 is 23.6 Å². The van der Waals surface area contributed by atoms with Gasteiger partial charge in [0.05, 0.1) is 7.11 Å². The average Bonchev–Trinajstić information content (AvgIpc) is 2.74. The van der Waals surface area contributed by atoms with Gasteiger partial charge in [0.15, 0.2) is 0 Å². The van der Waals surface area contributed by atoms with Crippen molar-refractivity contribution < 1.29 is 14.3 Å². The van der Waals surface area contributed by atoms with Gasteiger partial charge in [-0.15, -0.1) is 11.8 Å².